The molecule has 1 amide bonds. The van der Waals surface area contributed by atoms with Crippen LogP contribution < -0.4 is 10.6 Å². The SMILES string of the molecule is CCCNc1cc(C(=O)NCCOCC2CC2)cc(Cl)n1. The predicted molar refractivity (Wildman–Crippen MR) is 83.9 cm³/mol. The highest BCUT2D eigenvalue weighted by molar-refractivity contribution is 6.29. The highest BCUT2D eigenvalue weighted by Gasteiger charge is 2.20. The van der Waals surface area contributed by atoms with E-state index in [1.54, 1.807) is 12.1 Å². The van der Waals surface area contributed by atoms with Gasteiger partial charge in [0.1, 0.15) is 11.0 Å². The molecule has 1 aromatic heterocycles. The van der Waals surface area contributed by atoms with Gasteiger partial charge >= 0.3 is 0 Å². The van der Waals surface area contributed by atoms with Crippen LogP contribution in [-0.2, 0) is 4.74 Å². The first-order valence-electron chi connectivity index (χ1n) is 7.46. The Morgan fingerprint density at radius 1 is 1.43 bits per heavy atom. The molecule has 0 aliphatic heterocycles. The molecule has 1 aliphatic carbocycles. The van der Waals surface area contributed by atoms with Crippen LogP contribution in [0.15, 0.2) is 12.1 Å². The van der Waals surface area contributed by atoms with Gasteiger partial charge in [0.2, 0.25) is 0 Å². The lowest BCUT2D eigenvalue weighted by Crippen LogP contribution is -2.27. The van der Waals surface area contributed by atoms with Crippen molar-refractivity contribution in [2.24, 2.45) is 5.92 Å². The summed E-state index contributed by atoms with van der Waals surface area (Å²) in [6.45, 7) is 4.71. The van der Waals surface area contributed by atoms with Crippen LogP contribution in [0.3, 0.4) is 0 Å². The topological polar surface area (TPSA) is 63.2 Å². The summed E-state index contributed by atoms with van der Waals surface area (Å²) < 4.78 is 5.48. The van der Waals surface area contributed by atoms with Crippen LogP contribution >= 0.6 is 11.6 Å². The maximum atomic E-state index is 12.1. The van der Waals surface area contributed by atoms with E-state index in [9.17, 15) is 4.79 Å². The molecule has 0 radical (unpaired) electrons. The van der Waals surface area contributed by atoms with Gasteiger partial charge in [-0.25, -0.2) is 4.98 Å². The van der Waals surface area contributed by atoms with E-state index in [2.05, 4.69) is 22.5 Å². The van der Waals surface area contributed by atoms with Crippen LogP contribution in [0.2, 0.25) is 5.15 Å². The number of carbonyl (C=O) groups excluding carboxylic acids is 1. The van der Waals surface area contributed by atoms with E-state index in [4.69, 9.17) is 16.3 Å². The fourth-order valence-electron chi connectivity index (χ4n) is 1.84. The van der Waals surface area contributed by atoms with E-state index in [1.807, 2.05) is 0 Å². The van der Waals surface area contributed by atoms with Crippen molar-refractivity contribution in [3.63, 3.8) is 0 Å². The van der Waals surface area contributed by atoms with Gasteiger partial charge in [-0.1, -0.05) is 18.5 Å². The Kier molecular flexibility index (Phi) is 6.26. The summed E-state index contributed by atoms with van der Waals surface area (Å²) in [7, 11) is 0. The van der Waals surface area contributed by atoms with Crippen molar-refractivity contribution in [1.82, 2.24) is 10.3 Å². The van der Waals surface area contributed by atoms with Crippen LogP contribution in [0, 0.1) is 5.92 Å². The Morgan fingerprint density at radius 2 is 2.24 bits per heavy atom. The van der Waals surface area contributed by atoms with Gasteiger partial charge in [0.25, 0.3) is 5.91 Å². The number of anilines is 1. The standard InChI is InChI=1S/C15H22ClN3O2/c1-2-5-17-14-9-12(8-13(16)19-14)15(20)18-6-7-21-10-11-3-4-11/h8-9,11H,2-7,10H2,1H3,(H,17,19)(H,18,20). The van der Waals surface area contributed by atoms with E-state index >= 15 is 0 Å². The lowest BCUT2D eigenvalue weighted by atomic mass is 10.2. The molecule has 0 spiro atoms. The number of carbonyl (C=O) groups is 1. The normalized spacial score (nSPS) is 14.0. The van der Waals surface area contributed by atoms with Gasteiger partial charge in [-0.05, 0) is 37.3 Å². The first-order valence-corrected chi connectivity index (χ1v) is 7.84. The van der Waals surface area contributed by atoms with E-state index < -0.39 is 0 Å². The third kappa shape index (κ3) is 5.89. The predicted octanol–water partition coefficient (Wildman–Crippen LogP) is 2.71. The molecule has 0 unspecified atom stereocenters. The Balaban J connectivity index is 1.78. The van der Waals surface area contributed by atoms with Gasteiger partial charge in [0.15, 0.2) is 0 Å². The Hall–Kier alpha value is -1.33. The molecule has 2 rings (SSSR count). The third-order valence-corrected chi connectivity index (χ3v) is 3.39. The average Bonchev–Trinajstić information content (AvgIpc) is 3.28. The zero-order chi connectivity index (χ0) is 15.1. The van der Waals surface area contributed by atoms with Crippen LogP contribution in [-0.4, -0.2) is 37.2 Å². The minimum absolute atomic E-state index is 0.158. The van der Waals surface area contributed by atoms with Crippen LogP contribution in [0.1, 0.15) is 36.5 Å². The first kappa shape index (κ1) is 16.0. The quantitative estimate of drug-likeness (QED) is 0.544. The first-order chi connectivity index (χ1) is 10.2. The highest BCUT2D eigenvalue weighted by Crippen LogP contribution is 2.28. The van der Waals surface area contributed by atoms with Crippen LogP contribution in [0.25, 0.3) is 0 Å². The Labute approximate surface area is 130 Å². The molecule has 0 aromatic carbocycles. The molecule has 1 fully saturated rings. The highest BCUT2D eigenvalue weighted by atomic mass is 35.5. The molecule has 0 saturated heterocycles. The summed E-state index contributed by atoms with van der Waals surface area (Å²) >= 11 is 5.94. The molecular formula is C15H22ClN3O2. The molecule has 0 bridgehead atoms. The lowest BCUT2D eigenvalue weighted by Gasteiger charge is -2.09. The maximum Gasteiger partial charge on any atom is 0.251 e. The number of amides is 1. The number of pyridine rings is 1. The summed E-state index contributed by atoms with van der Waals surface area (Å²) in [5, 5.41) is 6.26. The van der Waals surface area contributed by atoms with Crippen LogP contribution in [0.5, 0.6) is 0 Å². The Morgan fingerprint density at radius 3 is 2.95 bits per heavy atom. The number of nitrogens with zero attached hydrogens (tertiary/aromatic N) is 1. The molecule has 21 heavy (non-hydrogen) atoms. The molecule has 5 nitrogen and oxygen atoms in total. The number of rotatable bonds is 9. The number of ether oxygens (including phenoxy) is 1. The maximum absolute atomic E-state index is 12.1. The second-order valence-corrected chi connectivity index (χ2v) is 5.65. The lowest BCUT2D eigenvalue weighted by molar-refractivity contribution is 0.0906. The molecule has 1 heterocycles. The van der Waals surface area contributed by atoms with Crippen molar-refractivity contribution in [3.8, 4) is 0 Å². The zero-order valence-electron chi connectivity index (χ0n) is 12.3. The van der Waals surface area contributed by atoms with Gasteiger partial charge in [-0.3, -0.25) is 4.79 Å². The van der Waals surface area contributed by atoms with Crippen molar-refractivity contribution < 1.29 is 9.53 Å². The fraction of sp³-hybridized carbons (Fsp3) is 0.600. The number of aromatic nitrogens is 1. The summed E-state index contributed by atoms with van der Waals surface area (Å²) in [5.41, 5.74) is 0.510. The molecule has 1 aliphatic rings. The summed E-state index contributed by atoms with van der Waals surface area (Å²) in [5.74, 6) is 1.21. The number of halogens is 1. The summed E-state index contributed by atoms with van der Waals surface area (Å²) in [6, 6.07) is 3.28. The second-order valence-electron chi connectivity index (χ2n) is 5.26. The smallest absolute Gasteiger partial charge is 0.251 e. The number of hydrogen-bond acceptors (Lipinski definition) is 4. The van der Waals surface area contributed by atoms with Crippen molar-refractivity contribution in [1.29, 1.82) is 0 Å². The third-order valence-electron chi connectivity index (χ3n) is 3.19. The second kappa shape index (κ2) is 8.20. The molecule has 6 heteroatoms. The van der Waals surface area contributed by atoms with Gasteiger partial charge < -0.3 is 15.4 Å². The van der Waals surface area contributed by atoms with E-state index in [-0.39, 0.29) is 5.91 Å². The van der Waals surface area contributed by atoms with Gasteiger partial charge in [-0.15, -0.1) is 0 Å². The van der Waals surface area contributed by atoms with Crippen molar-refractivity contribution in [2.75, 3.05) is 31.6 Å². The van der Waals surface area contributed by atoms with Crippen LogP contribution in [0.4, 0.5) is 5.82 Å². The average molecular weight is 312 g/mol. The molecule has 1 saturated carbocycles. The van der Waals surface area contributed by atoms with E-state index in [0.717, 1.165) is 25.5 Å². The zero-order valence-corrected chi connectivity index (χ0v) is 13.1. The molecule has 116 valence electrons. The van der Waals surface area contributed by atoms with Gasteiger partial charge in [-0.2, -0.15) is 0 Å². The fourth-order valence-corrected chi connectivity index (χ4v) is 2.05. The largest absolute Gasteiger partial charge is 0.379 e. The van der Waals surface area contributed by atoms with Crippen molar-refractivity contribution in [3.05, 3.63) is 22.8 Å². The van der Waals surface area contributed by atoms with E-state index in [1.165, 1.54) is 12.8 Å². The van der Waals surface area contributed by atoms with Gasteiger partial charge in [0, 0.05) is 25.3 Å². The minimum atomic E-state index is -0.158. The monoisotopic (exact) mass is 311 g/mol. The molecule has 1 aromatic rings. The summed E-state index contributed by atoms with van der Waals surface area (Å²) in [6.07, 6.45) is 3.53. The molecular weight excluding hydrogens is 290 g/mol. The molecule has 0 atom stereocenters. The molecule has 2 N–H and O–H groups in total. The van der Waals surface area contributed by atoms with Gasteiger partial charge in [0.05, 0.1) is 6.61 Å². The number of nitrogens with one attached hydrogen (secondary N) is 2. The van der Waals surface area contributed by atoms with E-state index in [0.29, 0.717) is 29.7 Å². The Bertz CT molecular complexity index is 478. The summed E-state index contributed by atoms with van der Waals surface area (Å²) in [4.78, 5) is 16.2. The van der Waals surface area contributed by atoms with Crippen molar-refractivity contribution in [2.45, 2.75) is 26.2 Å². The van der Waals surface area contributed by atoms with Crippen molar-refractivity contribution >= 4 is 23.3 Å². The number of hydrogen-bond donors (Lipinski definition) is 2. The minimum Gasteiger partial charge on any atom is -0.379 e.